The van der Waals surface area contributed by atoms with Crippen molar-refractivity contribution in [1.82, 2.24) is 5.32 Å². The maximum atomic E-state index is 12.2. The maximum Gasteiger partial charge on any atom is 0.330 e. The monoisotopic (exact) mass is 297 g/mol. The number of esters is 2. The Kier molecular flexibility index (Phi) is 8.05. The van der Waals surface area contributed by atoms with Gasteiger partial charge in [0.15, 0.2) is 0 Å². The quantitative estimate of drug-likeness (QED) is 0.576. The third-order valence-electron chi connectivity index (χ3n) is 3.67. The maximum absolute atomic E-state index is 12.2. The summed E-state index contributed by atoms with van der Waals surface area (Å²) in [7, 11) is 1.33. The van der Waals surface area contributed by atoms with Crippen molar-refractivity contribution in [3.8, 4) is 0 Å². The zero-order chi connectivity index (χ0) is 15.7. The van der Waals surface area contributed by atoms with Crippen LogP contribution in [0.3, 0.4) is 0 Å². The highest BCUT2D eigenvalue weighted by molar-refractivity contribution is 5.81. The summed E-state index contributed by atoms with van der Waals surface area (Å²) in [5, 5.41) is 3.12. The van der Waals surface area contributed by atoms with Crippen LogP contribution in [-0.2, 0) is 19.1 Å². The average molecular weight is 297 g/mol. The molecule has 0 spiro atoms. The number of hydrogen-bond acceptors (Lipinski definition) is 5. The van der Waals surface area contributed by atoms with Crippen LogP contribution in [0.4, 0.5) is 0 Å². The summed E-state index contributed by atoms with van der Waals surface area (Å²) in [6.07, 6.45) is 8.51. The molecule has 5 nitrogen and oxygen atoms in total. The normalized spacial score (nSPS) is 17.9. The SMILES string of the molecule is COC(=O)C=CCN[C@@H](C(=O)OC1CCCCC1)C(C)C. The highest BCUT2D eigenvalue weighted by Crippen LogP contribution is 2.21. The topological polar surface area (TPSA) is 64.6 Å². The lowest BCUT2D eigenvalue weighted by Gasteiger charge is -2.26. The fraction of sp³-hybridized carbons (Fsp3) is 0.750. The molecule has 0 aromatic heterocycles. The van der Waals surface area contributed by atoms with E-state index in [9.17, 15) is 9.59 Å². The van der Waals surface area contributed by atoms with Gasteiger partial charge in [0.2, 0.25) is 0 Å². The Hall–Kier alpha value is -1.36. The van der Waals surface area contributed by atoms with Gasteiger partial charge in [0.25, 0.3) is 0 Å². The molecule has 1 saturated carbocycles. The van der Waals surface area contributed by atoms with Gasteiger partial charge in [0, 0.05) is 12.6 Å². The molecule has 5 heteroatoms. The van der Waals surface area contributed by atoms with Gasteiger partial charge in [-0.15, -0.1) is 0 Å². The summed E-state index contributed by atoms with van der Waals surface area (Å²) < 4.78 is 10.1. The number of carbonyl (C=O) groups is 2. The molecule has 0 aromatic carbocycles. The lowest BCUT2D eigenvalue weighted by Crippen LogP contribution is -2.43. The second-order valence-corrected chi connectivity index (χ2v) is 5.75. The van der Waals surface area contributed by atoms with Crippen LogP contribution in [-0.4, -0.2) is 37.7 Å². The molecule has 0 aromatic rings. The van der Waals surface area contributed by atoms with E-state index in [2.05, 4.69) is 10.1 Å². The fourth-order valence-corrected chi connectivity index (χ4v) is 2.43. The van der Waals surface area contributed by atoms with Crippen molar-refractivity contribution in [2.45, 2.75) is 58.1 Å². The van der Waals surface area contributed by atoms with Crippen LogP contribution in [0.15, 0.2) is 12.2 Å². The van der Waals surface area contributed by atoms with Gasteiger partial charge in [-0.3, -0.25) is 4.79 Å². The van der Waals surface area contributed by atoms with E-state index in [1.54, 1.807) is 6.08 Å². The first-order valence-corrected chi connectivity index (χ1v) is 7.73. The predicted molar refractivity (Wildman–Crippen MR) is 80.7 cm³/mol. The Morgan fingerprint density at radius 2 is 1.90 bits per heavy atom. The van der Waals surface area contributed by atoms with Crippen molar-refractivity contribution in [3.63, 3.8) is 0 Å². The largest absolute Gasteiger partial charge is 0.466 e. The van der Waals surface area contributed by atoms with Crippen molar-refractivity contribution in [1.29, 1.82) is 0 Å². The van der Waals surface area contributed by atoms with E-state index in [0.717, 1.165) is 25.7 Å². The van der Waals surface area contributed by atoms with E-state index in [1.807, 2.05) is 13.8 Å². The van der Waals surface area contributed by atoms with Crippen molar-refractivity contribution in [2.75, 3.05) is 13.7 Å². The molecule has 0 amide bonds. The van der Waals surface area contributed by atoms with Gasteiger partial charge in [-0.2, -0.15) is 0 Å². The Balaban J connectivity index is 2.42. The summed E-state index contributed by atoms with van der Waals surface area (Å²) in [6, 6.07) is -0.353. The van der Waals surface area contributed by atoms with E-state index in [0.29, 0.717) is 6.54 Å². The van der Waals surface area contributed by atoms with E-state index in [-0.39, 0.29) is 24.0 Å². The lowest BCUT2D eigenvalue weighted by atomic mass is 9.97. The zero-order valence-corrected chi connectivity index (χ0v) is 13.3. The molecule has 1 aliphatic carbocycles. The second kappa shape index (κ2) is 9.55. The average Bonchev–Trinajstić information content (AvgIpc) is 2.47. The molecular weight excluding hydrogens is 270 g/mol. The number of hydrogen-bond donors (Lipinski definition) is 1. The predicted octanol–water partition coefficient (Wildman–Crippen LogP) is 2.21. The van der Waals surface area contributed by atoms with E-state index >= 15 is 0 Å². The van der Waals surface area contributed by atoms with Crippen molar-refractivity contribution in [2.24, 2.45) is 5.92 Å². The van der Waals surface area contributed by atoms with Gasteiger partial charge in [-0.05, 0) is 31.6 Å². The molecule has 1 fully saturated rings. The molecule has 0 aliphatic heterocycles. The molecule has 21 heavy (non-hydrogen) atoms. The van der Waals surface area contributed by atoms with E-state index in [1.165, 1.54) is 19.6 Å². The summed E-state index contributed by atoms with van der Waals surface area (Å²) in [5.74, 6) is -0.460. The van der Waals surface area contributed by atoms with Crippen LogP contribution in [0.1, 0.15) is 46.0 Å². The molecule has 1 rings (SSSR count). The van der Waals surface area contributed by atoms with Crippen LogP contribution in [0, 0.1) is 5.92 Å². The summed E-state index contributed by atoms with van der Waals surface area (Å²) in [5.41, 5.74) is 0. The first-order chi connectivity index (χ1) is 10.0. The molecule has 1 atom stereocenters. The molecule has 0 bridgehead atoms. The van der Waals surface area contributed by atoms with Crippen molar-refractivity contribution >= 4 is 11.9 Å². The van der Waals surface area contributed by atoms with E-state index < -0.39 is 5.97 Å². The summed E-state index contributed by atoms with van der Waals surface area (Å²) in [6.45, 7) is 4.38. The number of ether oxygens (including phenoxy) is 2. The summed E-state index contributed by atoms with van der Waals surface area (Å²) in [4.78, 5) is 23.2. The molecule has 120 valence electrons. The third kappa shape index (κ3) is 6.76. The molecule has 0 saturated heterocycles. The molecule has 1 aliphatic rings. The van der Waals surface area contributed by atoms with Gasteiger partial charge >= 0.3 is 11.9 Å². The van der Waals surface area contributed by atoms with Crippen LogP contribution < -0.4 is 5.32 Å². The number of methoxy groups -OCH3 is 1. The Morgan fingerprint density at radius 3 is 2.48 bits per heavy atom. The number of rotatable bonds is 7. The Labute approximate surface area is 127 Å². The Morgan fingerprint density at radius 1 is 1.24 bits per heavy atom. The molecular formula is C16H27NO4. The zero-order valence-electron chi connectivity index (χ0n) is 13.3. The van der Waals surface area contributed by atoms with Crippen LogP contribution >= 0.6 is 0 Å². The second-order valence-electron chi connectivity index (χ2n) is 5.75. The summed E-state index contributed by atoms with van der Waals surface area (Å²) >= 11 is 0. The highest BCUT2D eigenvalue weighted by atomic mass is 16.5. The van der Waals surface area contributed by atoms with Gasteiger partial charge in [0.05, 0.1) is 7.11 Å². The van der Waals surface area contributed by atoms with Gasteiger partial charge in [-0.25, -0.2) is 4.79 Å². The van der Waals surface area contributed by atoms with Gasteiger partial charge in [0.1, 0.15) is 12.1 Å². The van der Waals surface area contributed by atoms with E-state index in [4.69, 9.17) is 4.74 Å². The fourth-order valence-electron chi connectivity index (χ4n) is 2.43. The van der Waals surface area contributed by atoms with Crippen molar-refractivity contribution in [3.05, 3.63) is 12.2 Å². The third-order valence-corrected chi connectivity index (χ3v) is 3.67. The lowest BCUT2D eigenvalue weighted by molar-refractivity contribution is -0.154. The molecule has 1 N–H and O–H groups in total. The van der Waals surface area contributed by atoms with Gasteiger partial charge < -0.3 is 14.8 Å². The number of carbonyl (C=O) groups excluding carboxylic acids is 2. The first-order valence-electron chi connectivity index (χ1n) is 7.73. The van der Waals surface area contributed by atoms with Crippen molar-refractivity contribution < 1.29 is 19.1 Å². The minimum absolute atomic E-state index is 0.0694. The Bertz CT molecular complexity index is 359. The molecule has 0 heterocycles. The van der Waals surface area contributed by atoms with Gasteiger partial charge in [-0.1, -0.05) is 26.3 Å². The first kappa shape index (κ1) is 17.7. The van der Waals surface area contributed by atoms with Crippen LogP contribution in [0.5, 0.6) is 0 Å². The molecule has 0 radical (unpaired) electrons. The van der Waals surface area contributed by atoms with Crippen LogP contribution in [0.25, 0.3) is 0 Å². The minimum Gasteiger partial charge on any atom is -0.466 e. The number of nitrogens with one attached hydrogen (secondary N) is 1. The molecule has 0 unspecified atom stereocenters. The minimum atomic E-state index is -0.400. The smallest absolute Gasteiger partial charge is 0.330 e. The van der Waals surface area contributed by atoms with Crippen LogP contribution in [0.2, 0.25) is 0 Å². The highest BCUT2D eigenvalue weighted by Gasteiger charge is 2.26. The standard InChI is InChI=1S/C16H27NO4/c1-12(2)15(17-11-7-10-14(18)20-3)16(19)21-13-8-5-4-6-9-13/h7,10,12-13,15,17H,4-6,8-9,11H2,1-3H3/t15-/m1/s1.